The van der Waals surface area contributed by atoms with Crippen LogP contribution in [-0.4, -0.2) is 16.8 Å². The predicted octanol–water partition coefficient (Wildman–Crippen LogP) is 2.92. The molecule has 2 aromatic rings. The van der Waals surface area contributed by atoms with E-state index in [2.05, 4.69) is 6.58 Å². The second-order valence-corrected chi connectivity index (χ2v) is 3.20. The maximum absolute atomic E-state index is 8.63. The average molecular weight is 245 g/mol. The van der Waals surface area contributed by atoms with Crippen molar-refractivity contribution >= 4 is 0 Å². The van der Waals surface area contributed by atoms with E-state index < -0.39 is 0 Å². The van der Waals surface area contributed by atoms with Crippen molar-refractivity contribution in [3.63, 3.8) is 0 Å². The molecule has 0 unspecified atom stereocenters. The lowest BCUT2D eigenvalue weighted by Crippen LogP contribution is -1.90. The number of nitrogens with two attached hydrogens (primary N) is 1. The van der Waals surface area contributed by atoms with Crippen LogP contribution < -0.4 is 5.73 Å². The Morgan fingerprint density at radius 3 is 1.22 bits per heavy atom. The van der Waals surface area contributed by atoms with Gasteiger partial charge in [-0.05, 0) is 24.3 Å². The predicted molar refractivity (Wildman–Crippen MR) is 75.5 cm³/mol. The topological polar surface area (TPSA) is 66.5 Å². The molecular weight excluding hydrogens is 226 g/mol. The number of rotatable bonds is 1. The zero-order valence-electron chi connectivity index (χ0n) is 10.2. The first-order chi connectivity index (χ1) is 8.70. The molecule has 0 atom stereocenters. The molecule has 0 radical (unpaired) electrons. The summed E-state index contributed by atoms with van der Waals surface area (Å²) in [6.07, 6.45) is 1.65. The second-order valence-electron chi connectivity index (χ2n) is 3.20. The summed E-state index contributed by atoms with van der Waals surface area (Å²) >= 11 is 0. The minimum atomic E-state index is 0.322. The number of benzene rings is 2. The van der Waals surface area contributed by atoms with Crippen LogP contribution in [0, 0.1) is 0 Å². The van der Waals surface area contributed by atoms with E-state index in [0.29, 0.717) is 18.0 Å². The number of para-hydroxylation sites is 2. The molecule has 0 spiro atoms. The molecule has 3 nitrogen and oxygen atoms in total. The quantitative estimate of drug-likeness (QED) is 0.677. The van der Waals surface area contributed by atoms with Gasteiger partial charge in [-0.2, -0.15) is 0 Å². The Morgan fingerprint density at radius 1 is 0.833 bits per heavy atom. The highest BCUT2D eigenvalue weighted by molar-refractivity contribution is 5.19. The average Bonchev–Trinajstić information content (AvgIpc) is 2.41. The molecule has 4 N–H and O–H groups in total. The molecule has 3 heteroatoms. The van der Waals surface area contributed by atoms with E-state index in [9.17, 15) is 0 Å². The number of phenols is 2. The van der Waals surface area contributed by atoms with Crippen molar-refractivity contribution in [3.05, 3.63) is 73.3 Å². The molecule has 0 aliphatic heterocycles. The molecule has 0 aromatic heterocycles. The molecule has 2 rings (SSSR count). The molecule has 0 heterocycles. The summed E-state index contributed by atoms with van der Waals surface area (Å²) in [5, 5.41) is 17.3. The van der Waals surface area contributed by atoms with Crippen LogP contribution in [0.1, 0.15) is 0 Å². The van der Waals surface area contributed by atoms with Gasteiger partial charge in [0.1, 0.15) is 11.5 Å². The SMILES string of the molecule is C=CCN.Oc1ccccc1.Oc1ccccc1. The molecule has 0 saturated heterocycles. The summed E-state index contributed by atoms with van der Waals surface area (Å²) in [6.45, 7) is 3.94. The summed E-state index contributed by atoms with van der Waals surface area (Å²) in [6, 6.07) is 17.4. The first-order valence-electron chi connectivity index (χ1n) is 5.49. The summed E-state index contributed by atoms with van der Waals surface area (Å²) < 4.78 is 0. The van der Waals surface area contributed by atoms with Crippen LogP contribution in [0.4, 0.5) is 0 Å². The summed E-state index contributed by atoms with van der Waals surface area (Å²) in [5.41, 5.74) is 4.91. The number of hydrogen-bond donors (Lipinski definition) is 3. The molecule has 0 amide bonds. The van der Waals surface area contributed by atoms with Crippen molar-refractivity contribution in [2.45, 2.75) is 0 Å². The minimum absolute atomic E-state index is 0.322. The minimum Gasteiger partial charge on any atom is -0.508 e. The third-order valence-corrected chi connectivity index (χ3v) is 1.68. The molecule has 96 valence electrons. The van der Waals surface area contributed by atoms with Crippen LogP contribution in [-0.2, 0) is 0 Å². The van der Waals surface area contributed by atoms with Crippen molar-refractivity contribution < 1.29 is 10.2 Å². The van der Waals surface area contributed by atoms with Gasteiger partial charge in [0.25, 0.3) is 0 Å². The number of aromatic hydroxyl groups is 2. The maximum Gasteiger partial charge on any atom is 0.115 e. The lowest BCUT2D eigenvalue weighted by Gasteiger charge is -1.82. The van der Waals surface area contributed by atoms with E-state index in [1.165, 1.54) is 0 Å². The Labute approximate surface area is 108 Å². The van der Waals surface area contributed by atoms with E-state index in [1.807, 2.05) is 12.1 Å². The van der Waals surface area contributed by atoms with E-state index >= 15 is 0 Å². The molecule has 0 saturated carbocycles. The summed E-state index contributed by atoms with van der Waals surface area (Å²) in [5.74, 6) is 0.644. The Kier molecular flexibility index (Phi) is 9.82. The van der Waals surface area contributed by atoms with E-state index in [4.69, 9.17) is 15.9 Å². The summed E-state index contributed by atoms with van der Waals surface area (Å²) in [4.78, 5) is 0. The Bertz CT molecular complexity index is 364. The first-order valence-corrected chi connectivity index (χ1v) is 5.49. The lowest BCUT2D eigenvalue weighted by atomic mass is 10.3. The Hall–Kier alpha value is -2.26. The third-order valence-electron chi connectivity index (χ3n) is 1.68. The number of hydrogen-bond acceptors (Lipinski definition) is 3. The van der Waals surface area contributed by atoms with E-state index in [1.54, 1.807) is 54.6 Å². The molecule has 18 heavy (non-hydrogen) atoms. The highest BCUT2D eigenvalue weighted by Crippen LogP contribution is 2.03. The Morgan fingerprint density at radius 2 is 1.11 bits per heavy atom. The smallest absolute Gasteiger partial charge is 0.115 e. The fourth-order valence-electron chi connectivity index (χ4n) is 0.856. The van der Waals surface area contributed by atoms with Crippen molar-refractivity contribution in [2.75, 3.05) is 6.54 Å². The molecule has 2 aromatic carbocycles. The normalized spacial score (nSPS) is 8.06. The lowest BCUT2D eigenvalue weighted by molar-refractivity contribution is 0.475. The molecular formula is C15H19NO2. The standard InChI is InChI=1S/2C6H6O.C3H7N/c2*7-6-4-2-1-3-5-6;1-2-3-4/h2*1-5,7H;2H,1,3-4H2. The zero-order valence-corrected chi connectivity index (χ0v) is 10.2. The van der Waals surface area contributed by atoms with Gasteiger partial charge >= 0.3 is 0 Å². The third kappa shape index (κ3) is 10.3. The fraction of sp³-hybridized carbons (Fsp3) is 0.0667. The van der Waals surface area contributed by atoms with Gasteiger partial charge in [0.05, 0.1) is 0 Å². The molecule has 0 aliphatic carbocycles. The largest absolute Gasteiger partial charge is 0.508 e. The van der Waals surface area contributed by atoms with Crippen molar-refractivity contribution in [1.29, 1.82) is 0 Å². The fourth-order valence-corrected chi connectivity index (χ4v) is 0.856. The van der Waals surface area contributed by atoms with Crippen molar-refractivity contribution in [3.8, 4) is 11.5 Å². The van der Waals surface area contributed by atoms with Crippen LogP contribution in [0.2, 0.25) is 0 Å². The van der Waals surface area contributed by atoms with Gasteiger partial charge < -0.3 is 15.9 Å². The number of phenolic OH excluding ortho intramolecular Hbond substituents is 2. The van der Waals surface area contributed by atoms with Gasteiger partial charge in [0, 0.05) is 6.54 Å². The molecule has 0 bridgehead atoms. The van der Waals surface area contributed by atoms with Crippen LogP contribution in [0.15, 0.2) is 73.3 Å². The van der Waals surface area contributed by atoms with E-state index in [-0.39, 0.29) is 0 Å². The van der Waals surface area contributed by atoms with E-state index in [0.717, 1.165) is 0 Å². The van der Waals surface area contributed by atoms with Gasteiger partial charge in [0.2, 0.25) is 0 Å². The van der Waals surface area contributed by atoms with Gasteiger partial charge in [-0.15, -0.1) is 6.58 Å². The summed E-state index contributed by atoms with van der Waals surface area (Å²) in [7, 11) is 0. The van der Waals surface area contributed by atoms with Gasteiger partial charge in [-0.25, -0.2) is 0 Å². The highest BCUT2D eigenvalue weighted by Gasteiger charge is 1.75. The highest BCUT2D eigenvalue weighted by atomic mass is 16.3. The Balaban J connectivity index is 0.000000253. The van der Waals surface area contributed by atoms with Crippen molar-refractivity contribution in [1.82, 2.24) is 0 Å². The van der Waals surface area contributed by atoms with Gasteiger partial charge in [0.15, 0.2) is 0 Å². The maximum atomic E-state index is 8.63. The van der Waals surface area contributed by atoms with Crippen LogP contribution >= 0.6 is 0 Å². The van der Waals surface area contributed by atoms with Crippen LogP contribution in [0.5, 0.6) is 11.5 Å². The van der Waals surface area contributed by atoms with Gasteiger partial charge in [-0.3, -0.25) is 0 Å². The zero-order chi connectivity index (χ0) is 13.6. The van der Waals surface area contributed by atoms with Crippen LogP contribution in [0.25, 0.3) is 0 Å². The first kappa shape index (κ1) is 15.7. The molecule has 0 fully saturated rings. The molecule has 0 aliphatic rings. The van der Waals surface area contributed by atoms with Crippen LogP contribution in [0.3, 0.4) is 0 Å². The second kappa shape index (κ2) is 11.2. The monoisotopic (exact) mass is 245 g/mol. The van der Waals surface area contributed by atoms with Gasteiger partial charge in [-0.1, -0.05) is 42.5 Å². The van der Waals surface area contributed by atoms with Crippen molar-refractivity contribution in [2.24, 2.45) is 5.73 Å².